The summed E-state index contributed by atoms with van der Waals surface area (Å²) < 4.78 is 10.8. The first-order valence-corrected chi connectivity index (χ1v) is 6.48. The Bertz CT molecular complexity index is 374. The van der Waals surface area contributed by atoms with Gasteiger partial charge < -0.3 is 9.26 Å². The summed E-state index contributed by atoms with van der Waals surface area (Å²) in [6.07, 6.45) is 4.62. The van der Waals surface area contributed by atoms with E-state index in [1.807, 2.05) is 6.92 Å². The Morgan fingerprint density at radius 2 is 2.06 bits per heavy atom. The summed E-state index contributed by atoms with van der Waals surface area (Å²) in [5, 5.41) is 3.90. The molecule has 1 unspecified atom stereocenters. The predicted octanol–water partition coefficient (Wildman–Crippen LogP) is 1.69. The van der Waals surface area contributed by atoms with E-state index in [1.165, 1.54) is 6.42 Å². The van der Waals surface area contributed by atoms with Crippen LogP contribution < -0.4 is 0 Å². The van der Waals surface area contributed by atoms with Crippen LogP contribution >= 0.6 is 0 Å². The molecule has 0 N–H and O–H groups in total. The topological polar surface area (TPSA) is 51.4 Å². The molecule has 0 saturated carbocycles. The van der Waals surface area contributed by atoms with Crippen LogP contribution in [0, 0.1) is 6.92 Å². The van der Waals surface area contributed by atoms with Gasteiger partial charge >= 0.3 is 0 Å². The van der Waals surface area contributed by atoms with Gasteiger partial charge in [-0.05, 0) is 39.2 Å². The molecular formula is C12H19N3O2. The minimum Gasteiger partial charge on any atom is -0.381 e. The first kappa shape index (κ1) is 11.2. The first-order chi connectivity index (χ1) is 8.34. The van der Waals surface area contributed by atoms with Crippen molar-refractivity contribution in [1.29, 1.82) is 0 Å². The number of hydrogen-bond donors (Lipinski definition) is 0. The van der Waals surface area contributed by atoms with E-state index in [0.717, 1.165) is 50.7 Å². The maximum atomic E-state index is 5.43. The van der Waals surface area contributed by atoms with Gasteiger partial charge in [0.1, 0.15) is 0 Å². The summed E-state index contributed by atoms with van der Waals surface area (Å²) in [5.41, 5.74) is 0. The molecule has 5 heteroatoms. The van der Waals surface area contributed by atoms with Gasteiger partial charge in [-0.1, -0.05) is 5.16 Å². The van der Waals surface area contributed by atoms with E-state index in [2.05, 4.69) is 15.0 Å². The van der Waals surface area contributed by atoms with Crippen molar-refractivity contribution in [3.8, 4) is 0 Å². The zero-order valence-electron chi connectivity index (χ0n) is 10.3. The Morgan fingerprint density at radius 1 is 1.24 bits per heavy atom. The number of rotatable bonds is 2. The molecule has 0 aromatic carbocycles. The second-order valence-electron chi connectivity index (χ2n) is 4.92. The largest absolute Gasteiger partial charge is 0.381 e. The summed E-state index contributed by atoms with van der Waals surface area (Å²) in [5.74, 6) is 1.53. The van der Waals surface area contributed by atoms with E-state index in [-0.39, 0.29) is 0 Å². The van der Waals surface area contributed by atoms with Gasteiger partial charge in [-0.3, -0.25) is 4.90 Å². The van der Waals surface area contributed by atoms with Crippen molar-refractivity contribution in [3.63, 3.8) is 0 Å². The molecule has 0 radical (unpaired) electrons. The third-order valence-electron chi connectivity index (χ3n) is 3.78. The van der Waals surface area contributed by atoms with Gasteiger partial charge in [0.05, 0.1) is 6.04 Å². The zero-order chi connectivity index (χ0) is 11.7. The van der Waals surface area contributed by atoms with E-state index in [0.29, 0.717) is 12.1 Å². The molecule has 1 atom stereocenters. The molecule has 17 heavy (non-hydrogen) atoms. The number of nitrogens with zero attached hydrogens (tertiary/aromatic N) is 3. The van der Waals surface area contributed by atoms with Gasteiger partial charge in [-0.25, -0.2) is 0 Å². The Kier molecular flexibility index (Phi) is 3.11. The van der Waals surface area contributed by atoms with Crippen LogP contribution in [0.15, 0.2) is 4.52 Å². The molecule has 2 aliphatic rings. The fourth-order valence-corrected chi connectivity index (χ4v) is 2.96. The number of likely N-dealkylation sites (tertiary alicyclic amines) is 1. The molecule has 3 heterocycles. The maximum absolute atomic E-state index is 5.43. The standard InChI is InChI=1S/C12H19N3O2/c1-9-13-12(17-14-9)11-3-2-6-15(11)10-4-7-16-8-5-10/h10-11H,2-8H2,1H3. The van der Waals surface area contributed by atoms with Gasteiger partial charge in [0, 0.05) is 19.3 Å². The van der Waals surface area contributed by atoms with E-state index in [9.17, 15) is 0 Å². The average Bonchev–Trinajstić information content (AvgIpc) is 2.98. The van der Waals surface area contributed by atoms with E-state index in [1.54, 1.807) is 0 Å². The van der Waals surface area contributed by atoms with Gasteiger partial charge in [0.15, 0.2) is 5.82 Å². The molecule has 1 aromatic heterocycles. The second kappa shape index (κ2) is 4.74. The van der Waals surface area contributed by atoms with Crippen molar-refractivity contribution in [2.45, 2.75) is 44.7 Å². The minimum absolute atomic E-state index is 0.333. The fraction of sp³-hybridized carbons (Fsp3) is 0.833. The highest BCUT2D eigenvalue weighted by Gasteiger charge is 2.35. The Labute approximate surface area is 101 Å². The highest BCUT2D eigenvalue weighted by Crippen LogP contribution is 2.34. The van der Waals surface area contributed by atoms with Crippen LogP contribution in [0.1, 0.15) is 43.4 Å². The third kappa shape index (κ3) is 2.21. The molecule has 0 amide bonds. The molecule has 1 aromatic rings. The quantitative estimate of drug-likeness (QED) is 0.783. The average molecular weight is 237 g/mol. The second-order valence-corrected chi connectivity index (χ2v) is 4.92. The third-order valence-corrected chi connectivity index (χ3v) is 3.78. The summed E-state index contributed by atoms with van der Waals surface area (Å²) in [4.78, 5) is 6.92. The van der Waals surface area contributed by atoms with Crippen molar-refractivity contribution in [3.05, 3.63) is 11.7 Å². The minimum atomic E-state index is 0.333. The van der Waals surface area contributed by atoms with Crippen molar-refractivity contribution in [1.82, 2.24) is 15.0 Å². The van der Waals surface area contributed by atoms with E-state index in [4.69, 9.17) is 9.26 Å². The van der Waals surface area contributed by atoms with Crippen LogP contribution in [0.2, 0.25) is 0 Å². The molecule has 0 spiro atoms. The zero-order valence-corrected chi connectivity index (χ0v) is 10.3. The highest BCUT2D eigenvalue weighted by atomic mass is 16.5. The lowest BCUT2D eigenvalue weighted by molar-refractivity contribution is 0.0243. The van der Waals surface area contributed by atoms with Gasteiger partial charge in [-0.15, -0.1) is 0 Å². The molecule has 5 nitrogen and oxygen atoms in total. The molecule has 2 aliphatic heterocycles. The van der Waals surface area contributed by atoms with Crippen LogP contribution in [0.4, 0.5) is 0 Å². The summed E-state index contributed by atoms with van der Waals surface area (Å²) >= 11 is 0. The summed E-state index contributed by atoms with van der Waals surface area (Å²) in [6.45, 7) is 4.80. The van der Waals surface area contributed by atoms with Crippen LogP contribution in [-0.2, 0) is 4.74 Å². The Hall–Kier alpha value is -0.940. The smallest absolute Gasteiger partial charge is 0.243 e. The van der Waals surface area contributed by atoms with E-state index >= 15 is 0 Å². The lowest BCUT2D eigenvalue weighted by Gasteiger charge is -2.33. The fourth-order valence-electron chi connectivity index (χ4n) is 2.96. The number of hydrogen-bond acceptors (Lipinski definition) is 5. The molecule has 2 fully saturated rings. The first-order valence-electron chi connectivity index (χ1n) is 6.48. The molecule has 3 rings (SSSR count). The molecule has 94 valence electrons. The molecular weight excluding hydrogens is 218 g/mol. The van der Waals surface area contributed by atoms with Gasteiger partial charge in [0.25, 0.3) is 0 Å². The van der Waals surface area contributed by atoms with Crippen molar-refractivity contribution in [2.24, 2.45) is 0 Å². The predicted molar refractivity (Wildman–Crippen MR) is 61.6 cm³/mol. The molecule has 2 saturated heterocycles. The number of aromatic nitrogens is 2. The van der Waals surface area contributed by atoms with Gasteiger partial charge in [-0.2, -0.15) is 4.98 Å². The van der Waals surface area contributed by atoms with Crippen molar-refractivity contribution in [2.75, 3.05) is 19.8 Å². The summed E-state index contributed by atoms with van der Waals surface area (Å²) in [6, 6.07) is 0.961. The van der Waals surface area contributed by atoms with Crippen LogP contribution in [0.25, 0.3) is 0 Å². The highest BCUT2D eigenvalue weighted by molar-refractivity contribution is 4.98. The van der Waals surface area contributed by atoms with Gasteiger partial charge in [0.2, 0.25) is 5.89 Å². The maximum Gasteiger partial charge on any atom is 0.243 e. The lowest BCUT2D eigenvalue weighted by atomic mass is 10.1. The number of aryl methyl sites for hydroxylation is 1. The molecule has 0 aliphatic carbocycles. The Balaban J connectivity index is 1.74. The monoisotopic (exact) mass is 237 g/mol. The lowest BCUT2D eigenvalue weighted by Crippen LogP contribution is -2.39. The van der Waals surface area contributed by atoms with Crippen LogP contribution in [-0.4, -0.2) is 40.8 Å². The normalized spacial score (nSPS) is 27.7. The van der Waals surface area contributed by atoms with Crippen LogP contribution in [0.3, 0.4) is 0 Å². The number of ether oxygens (including phenoxy) is 1. The summed E-state index contributed by atoms with van der Waals surface area (Å²) in [7, 11) is 0. The molecule has 0 bridgehead atoms. The van der Waals surface area contributed by atoms with E-state index < -0.39 is 0 Å². The van der Waals surface area contributed by atoms with Crippen LogP contribution in [0.5, 0.6) is 0 Å². The van der Waals surface area contributed by atoms with Crippen molar-refractivity contribution < 1.29 is 9.26 Å². The van der Waals surface area contributed by atoms with Crippen molar-refractivity contribution >= 4 is 0 Å². The Morgan fingerprint density at radius 3 is 2.76 bits per heavy atom. The SMILES string of the molecule is Cc1noc(C2CCCN2C2CCOCC2)n1.